The third-order valence-corrected chi connectivity index (χ3v) is 4.14. The Morgan fingerprint density at radius 3 is 1.79 bits per heavy atom. The molecule has 28 heavy (non-hydrogen) atoms. The second-order valence-corrected chi connectivity index (χ2v) is 6.03. The van der Waals surface area contributed by atoms with E-state index in [1.54, 1.807) is 0 Å². The molecule has 146 valence electrons. The van der Waals surface area contributed by atoms with E-state index in [-0.39, 0.29) is 27.9 Å². The van der Waals surface area contributed by atoms with Crippen molar-refractivity contribution in [1.82, 2.24) is 4.98 Å². The van der Waals surface area contributed by atoms with E-state index in [0.717, 1.165) is 24.3 Å². The normalized spacial score (nSPS) is 12.2. The lowest BCUT2D eigenvalue weighted by molar-refractivity contribution is -0.138. The molecule has 3 aromatic rings. The highest BCUT2D eigenvalue weighted by molar-refractivity contribution is 5.74. The molecule has 2 aromatic carbocycles. The lowest BCUT2D eigenvalue weighted by atomic mass is 9.97. The molecule has 1 heterocycles. The SMILES string of the molecule is OCc1ncc(-c2cccc(C(F)(F)F)c2)cc1-c1cccc(C(F)(F)F)c1. The van der Waals surface area contributed by atoms with Crippen molar-refractivity contribution in [2.24, 2.45) is 0 Å². The first-order chi connectivity index (χ1) is 13.1. The highest BCUT2D eigenvalue weighted by atomic mass is 19.4. The molecule has 1 N–H and O–H groups in total. The number of aromatic nitrogens is 1. The van der Waals surface area contributed by atoms with Crippen LogP contribution in [0.25, 0.3) is 22.3 Å². The Bertz CT molecular complexity index is 994. The van der Waals surface area contributed by atoms with Crippen molar-refractivity contribution in [2.45, 2.75) is 19.0 Å². The van der Waals surface area contributed by atoms with Crippen LogP contribution in [0.5, 0.6) is 0 Å². The Hall–Kier alpha value is -2.87. The van der Waals surface area contributed by atoms with E-state index < -0.39 is 30.1 Å². The zero-order valence-electron chi connectivity index (χ0n) is 14.1. The summed E-state index contributed by atoms with van der Waals surface area (Å²) in [5, 5.41) is 9.49. The summed E-state index contributed by atoms with van der Waals surface area (Å²) in [5.74, 6) is 0. The van der Waals surface area contributed by atoms with E-state index >= 15 is 0 Å². The maximum atomic E-state index is 13.0. The van der Waals surface area contributed by atoms with E-state index in [0.29, 0.717) is 0 Å². The van der Waals surface area contributed by atoms with Gasteiger partial charge in [0.05, 0.1) is 23.4 Å². The van der Waals surface area contributed by atoms with Crippen LogP contribution in [0, 0.1) is 0 Å². The predicted molar refractivity (Wildman–Crippen MR) is 91.0 cm³/mol. The third kappa shape index (κ3) is 4.17. The van der Waals surface area contributed by atoms with Crippen molar-refractivity contribution in [3.05, 3.63) is 77.6 Å². The molecule has 0 saturated heterocycles. The van der Waals surface area contributed by atoms with Gasteiger partial charge in [0.2, 0.25) is 0 Å². The first kappa shape index (κ1) is 19.9. The maximum absolute atomic E-state index is 13.0. The van der Waals surface area contributed by atoms with Gasteiger partial charge in [-0.15, -0.1) is 0 Å². The van der Waals surface area contributed by atoms with E-state index in [1.807, 2.05) is 0 Å². The van der Waals surface area contributed by atoms with Gasteiger partial charge < -0.3 is 5.11 Å². The van der Waals surface area contributed by atoms with Gasteiger partial charge in [0, 0.05) is 17.3 Å². The molecule has 0 spiro atoms. The number of nitrogens with zero attached hydrogens (tertiary/aromatic N) is 1. The smallest absolute Gasteiger partial charge is 0.390 e. The Balaban J connectivity index is 2.12. The zero-order chi connectivity index (χ0) is 20.5. The molecule has 0 unspecified atom stereocenters. The van der Waals surface area contributed by atoms with Crippen molar-refractivity contribution in [3.8, 4) is 22.3 Å². The second kappa shape index (κ2) is 7.27. The fraction of sp³-hybridized carbons (Fsp3) is 0.150. The quantitative estimate of drug-likeness (QED) is 0.555. The maximum Gasteiger partial charge on any atom is 0.416 e. The van der Waals surface area contributed by atoms with Crippen LogP contribution in [0.4, 0.5) is 26.3 Å². The molecule has 0 fully saturated rings. The third-order valence-electron chi connectivity index (χ3n) is 4.14. The topological polar surface area (TPSA) is 33.1 Å². The number of aliphatic hydroxyl groups is 1. The van der Waals surface area contributed by atoms with Crippen LogP contribution in [0.1, 0.15) is 16.8 Å². The van der Waals surface area contributed by atoms with Gasteiger partial charge in [0.15, 0.2) is 0 Å². The molecule has 0 saturated carbocycles. The highest BCUT2D eigenvalue weighted by Gasteiger charge is 2.31. The largest absolute Gasteiger partial charge is 0.416 e. The first-order valence-corrected chi connectivity index (χ1v) is 8.04. The Morgan fingerprint density at radius 2 is 1.25 bits per heavy atom. The van der Waals surface area contributed by atoms with Crippen molar-refractivity contribution < 1.29 is 31.4 Å². The summed E-state index contributed by atoms with van der Waals surface area (Å²) < 4.78 is 77.8. The van der Waals surface area contributed by atoms with Crippen molar-refractivity contribution in [3.63, 3.8) is 0 Å². The molecule has 0 bridgehead atoms. The standard InChI is InChI=1S/C20H13F6NO/c21-19(22,23)15-5-1-3-12(7-15)14-9-17(18(11-28)27-10-14)13-4-2-6-16(8-13)20(24,25)26/h1-10,28H,11H2. The lowest BCUT2D eigenvalue weighted by Gasteiger charge is -2.13. The summed E-state index contributed by atoms with van der Waals surface area (Å²) in [6, 6.07) is 10.4. The zero-order valence-corrected chi connectivity index (χ0v) is 14.1. The number of benzene rings is 2. The van der Waals surface area contributed by atoms with E-state index in [4.69, 9.17) is 0 Å². The van der Waals surface area contributed by atoms with E-state index in [9.17, 15) is 31.4 Å². The number of rotatable bonds is 3. The number of aliphatic hydroxyl groups excluding tert-OH is 1. The minimum atomic E-state index is -4.55. The summed E-state index contributed by atoms with van der Waals surface area (Å²) >= 11 is 0. The van der Waals surface area contributed by atoms with Gasteiger partial charge in [0.1, 0.15) is 0 Å². The minimum absolute atomic E-state index is 0.120. The number of alkyl halides is 6. The molecule has 8 heteroatoms. The van der Waals surface area contributed by atoms with Gasteiger partial charge in [-0.3, -0.25) is 4.98 Å². The lowest BCUT2D eigenvalue weighted by Crippen LogP contribution is -2.05. The highest BCUT2D eigenvalue weighted by Crippen LogP contribution is 2.36. The summed E-state index contributed by atoms with van der Waals surface area (Å²) in [6.07, 6.45) is -7.81. The average molecular weight is 397 g/mol. The van der Waals surface area contributed by atoms with E-state index in [2.05, 4.69) is 4.98 Å². The summed E-state index contributed by atoms with van der Waals surface area (Å²) in [5.41, 5.74) is -0.746. The molecule has 0 aliphatic carbocycles. The molecule has 1 aromatic heterocycles. The van der Waals surface area contributed by atoms with Crippen LogP contribution in [-0.4, -0.2) is 10.1 Å². The predicted octanol–water partition coefficient (Wildman–Crippen LogP) is 5.95. The molecular formula is C20H13F6NO. The summed E-state index contributed by atoms with van der Waals surface area (Å²) in [4.78, 5) is 4.02. The molecule has 3 rings (SSSR count). The average Bonchev–Trinajstić information content (AvgIpc) is 2.66. The minimum Gasteiger partial charge on any atom is -0.390 e. The van der Waals surface area contributed by atoms with Crippen LogP contribution in [0.2, 0.25) is 0 Å². The monoisotopic (exact) mass is 397 g/mol. The molecule has 2 nitrogen and oxygen atoms in total. The molecule has 0 aliphatic heterocycles. The fourth-order valence-electron chi connectivity index (χ4n) is 2.77. The van der Waals surface area contributed by atoms with E-state index in [1.165, 1.54) is 36.5 Å². The van der Waals surface area contributed by atoms with Crippen molar-refractivity contribution >= 4 is 0 Å². The van der Waals surface area contributed by atoms with Crippen LogP contribution in [-0.2, 0) is 19.0 Å². The number of pyridine rings is 1. The number of halogens is 6. The number of hydrogen-bond donors (Lipinski definition) is 1. The summed E-state index contributed by atoms with van der Waals surface area (Å²) in [6.45, 7) is -0.533. The molecule has 0 amide bonds. The molecular weight excluding hydrogens is 384 g/mol. The molecule has 0 aliphatic rings. The van der Waals surface area contributed by atoms with Crippen LogP contribution in [0.15, 0.2) is 60.8 Å². The van der Waals surface area contributed by atoms with Crippen molar-refractivity contribution in [2.75, 3.05) is 0 Å². The first-order valence-electron chi connectivity index (χ1n) is 8.04. The van der Waals surface area contributed by atoms with Gasteiger partial charge in [-0.25, -0.2) is 0 Å². The molecule has 0 atom stereocenters. The van der Waals surface area contributed by atoms with Crippen LogP contribution >= 0.6 is 0 Å². The summed E-state index contributed by atoms with van der Waals surface area (Å²) in [7, 11) is 0. The second-order valence-electron chi connectivity index (χ2n) is 6.03. The van der Waals surface area contributed by atoms with Crippen molar-refractivity contribution in [1.29, 1.82) is 0 Å². The number of hydrogen-bond acceptors (Lipinski definition) is 2. The Morgan fingerprint density at radius 1 is 0.714 bits per heavy atom. The van der Waals surface area contributed by atoms with Gasteiger partial charge in [-0.1, -0.05) is 24.3 Å². The Labute approximate surface area is 156 Å². The fourth-order valence-corrected chi connectivity index (χ4v) is 2.77. The van der Waals surface area contributed by atoms with Crippen LogP contribution in [0.3, 0.4) is 0 Å². The van der Waals surface area contributed by atoms with Gasteiger partial charge in [-0.2, -0.15) is 26.3 Å². The van der Waals surface area contributed by atoms with Gasteiger partial charge >= 0.3 is 12.4 Å². The van der Waals surface area contributed by atoms with Gasteiger partial charge in [0.25, 0.3) is 0 Å². The van der Waals surface area contributed by atoms with Gasteiger partial charge in [-0.05, 0) is 41.5 Å². The molecule has 0 radical (unpaired) electrons. The van der Waals surface area contributed by atoms with Crippen LogP contribution < -0.4 is 0 Å². The Kier molecular flexibility index (Phi) is 5.16.